The van der Waals surface area contributed by atoms with Crippen LogP contribution in [0.5, 0.6) is 0 Å². The van der Waals surface area contributed by atoms with Gasteiger partial charge >= 0.3 is 0 Å². The van der Waals surface area contributed by atoms with Crippen LogP contribution >= 0.6 is 0 Å². The normalized spacial score (nSPS) is 10.8. The molecule has 0 bridgehead atoms. The van der Waals surface area contributed by atoms with Crippen LogP contribution in [0.2, 0.25) is 0 Å². The molecule has 1 N–H and O–H groups in total. The molecule has 0 aliphatic rings. The maximum Gasteiger partial charge on any atom is 0.275 e. The van der Waals surface area contributed by atoms with Crippen LogP contribution in [0.1, 0.15) is 16.9 Å². The zero-order valence-electron chi connectivity index (χ0n) is 11.9. The van der Waals surface area contributed by atoms with Gasteiger partial charge < -0.3 is 10.1 Å². The summed E-state index contributed by atoms with van der Waals surface area (Å²) in [6.07, 6.45) is 0.630. The Morgan fingerprint density at radius 3 is 2.95 bits per heavy atom. The summed E-state index contributed by atoms with van der Waals surface area (Å²) in [5, 5.41) is 6.69. The van der Waals surface area contributed by atoms with Crippen molar-refractivity contribution in [2.24, 2.45) is 7.05 Å². The molecule has 0 spiro atoms. The quantitative estimate of drug-likeness (QED) is 0.829. The molecule has 1 amide bonds. The number of halogens is 1. The van der Waals surface area contributed by atoms with Crippen molar-refractivity contribution in [1.82, 2.24) is 15.1 Å². The summed E-state index contributed by atoms with van der Waals surface area (Å²) in [7, 11) is 3.17. The van der Waals surface area contributed by atoms with Crippen molar-refractivity contribution in [3.63, 3.8) is 0 Å². The molecule has 0 aliphatic heterocycles. The summed E-state index contributed by atoms with van der Waals surface area (Å²) in [6.45, 7) is 0.882. The van der Waals surface area contributed by atoms with Crippen LogP contribution in [0.4, 0.5) is 4.39 Å². The van der Waals surface area contributed by atoms with Crippen LogP contribution in [0.25, 0.3) is 10.9 Å². The van der Waals surface area contributed by atoms with E-state index in [-0.39, 0.29) is 11.1 Å². The van der Waals surface area contributed by atoms with E-state index in [1.54, 1.807) is 14.2 Å². The number of amides is 1. The number of benzene rings is 1. The van der Waals surface area contributed by atoms with E-state index in [0.29, 0.717) is 25.1 Å². The fourth-order valence-corrected chi connectivity index (χ4v) is 2.00. The highest BCUT2D eigenvalue weighted by Crippen LogP contribution is 2.10. The number of nitrogens with one attached hydrogen (secondary N) is 1. The first kappa shape index (κ1) is 15.1. The summed E-state index contributed by atoms with van der Waals surface area (Å²) in [6, 6.07) is 3.81. The lowest BCUT2D eigenvalue weighted by Gasteiger charge is -2.08. The van der Waals surface area contributed by atoms with Crippen LogP contribution < -0.4 is 10.7 Å². The summed E-state index contributed by atoms with van der Waals surface area (Å²) in [5.74, 6) is -1.10. The molecule has 0 unspecified atom stereocenters. The molecule has 6 nitrogen and oxygen atoms in total. The highest BCUT2D eigenvalue weighted by molar-refractivity contribution is 5.95. The highest BCUT2D eigenvalue weighted by atomic mass is 19.1. The number of methoxy groups -OCH3 is 1. The van der Waals surface area contributed by atoms with Crippen molar-refractivity contribution in [3.8, 4) is 0 Å². The smallest absolute Gasteiger partial charge is 0.275 e. The lowest BCUT2D eigenvalue weighted by molar-refractivity contribution is 0.0940. The van der Waals surface area contributed by atoms with Gasteiger partial charge in [-0.05, 0) is 24.6 Å². The number of ether oxygens (including phenoxy) is 1. The maximum absolute atomic E-state index is 13.3. The van der Waals surface area contributed by atoms with Crippen molar-refractivity contribution in [2.45, 2.75) is 6.42 Å². The highest BCUT2D eigenvalue weighted by Gasteiger charge is 2.16. The molecule has 0 radical (unpaired) electrons. The number of hydrogen-bond acceptors (Lipinski definition) is 4. The number of aromatic nitrogens is 2. The van der Waals surface area contributed by atoms with Gasteiger partial charge in [0, 0.05) is 27.3 Å². The van der Waals surface area contributed by atoms with Gasteiger partial charge in [0.2, 0.25) is 5.43 Å². The molecule has 1 heterocycles. The van der Waals surface area contributed by atoms with Crippen molar-refractivity contribution in [2.75, 3.05) is 20.3 Å². The minimum atomic E-state index is -0.577. The number of rotatable bonds is 5. The molecule has 0 saturated heterocycles. The van der Waals surface area contributed by atoms with Crippen LogP contribution in [-0.2, 0) is 11.8 Å². The van der Waals surface area contributed by atoms with Gasteiger partial charge in [0.1, 0.15) is 5.82 Å². The van der Waals surface area contributed by atoms with E-state index in [0.717, 1.165) is 6.07 Å². The Hall–Kier alpha value is -2.28. The number of carbonyl (C=O) groups is 1. The fourth-order valence-electron chi connectivity index (χ4n) is 2.00. The van der Waals surface area contributed by atoms with Crippen LogP contribution in [0, 0.1) is 5.82 Å². The van der Waals surface area contributed by atoms with E-state index in [9.17, 15) is 14.0 Å². The molecule has 0 saturated carbocycles. The first-order valence-electron chi connectivity index (χ1n) is 6.48. The molecule has 21 heavy (non-hydrogen) atoms. The number of aryl methyl sites for hydroxylation is 1. The standard InChI is InChI=1S/C14H16FN3O3/c1-18-11-5-4-9(15)8-10(11)13(19)12(17-18)14(20)16-6-3-7-21-2/h4-5,8H,3,6-7H2,1-2H3,(H,16,20). The molecule has 7 heteroatoms. The second-order valence-electron chi connectivity index (χ2n) is 4.57. The largest absolute Gasteiger partial charge is 0.385 e. The van der Waals surface area contributed by atoms with Gasteiger partial charge in [-0.3, -0.25) is 14.3 Å². The van der Waals surface area contributed by atoms with Gasteiger partial charge in [0.05, 0.1) is 10.9 Å². The topological polar surface area (TPSA) is 73.2 Å². The van der Waals surface area contributed by atoms with E-state index in [1.165, 1.54) is 16.8 Å². The summed E-state index contributed by atoms with van der Waals surface area (Å²) in [4.78, 5) is 24.2. The van der Waals surface area contributed by atoms with Crippen molar-refractivity contribution in [3.05, 3.63) is 39.9 Å². The third kappa shape index (κ3) is 3.25. The summed E-state index contributed by atoms with van der Waals surface area (Å²) < 4.78 is 19.5. The average molecular weight is 293 g/mol. The van der Waals surface area contributed by atoms with Gasteiger partial charge in [-0.25, -0.2) is 4.39 Å². The molecule has 112 valence electrons. The minimum absolute atomic E-state index is 0.134. The Labute approximate surface area is 120 Å². The Morgan fingerprint density at radius 1 is 1.48 bits per heavy atom. The van der Waals surface area contributed by atoms with E-state index in [1.807, 2.05) is 0 Å². The van der Waals surface area contributed by atoms with E-state index >= 15 is 0 Å². The van der Waals surface area contributed by atoms with Gasteiger partial charge in [0.25, 0.3) is 5.91 Å². The van der Waals surface area contributed by atoms with Gasteiger partial charge in [-0.15, -0.1) is 0 Å². The Bertz CT molecular complexity index is 727. The second-order valence-corrected chi connectivity index (χ2v) is 4.57. The third-order valence-electron chi connectivity index (χ3n) is 3.04. The van der Waals surface area contributed by atoms with Crippen molar-refractivity contribution >= 4 is 16.8 Å². The molecule has 0 aliphatic carbocycles. The first-order valence-corrected chi connectivity index (χ1v) is 6.48. The van der Waals surface area contributed by atoms with E-state index < -0.39 is 17.2 Å². The Balaban J connectivity index is 2.34. The van der Waals surface area contributed by atoms with Crippen LogP contribution in [0.3, 0.4) is 0 Å². The second kappa shape index (κ2) is 6.45. The van der Waals surface area contributed by atoms with Crippen molar-refractivity contribution in [1.29, 1.82) is 0 Å². The van der Waals surface area contributed by atoms with Gasteiger partial charge in [0.15, 0.2) is 5.69 Å². The van der Waals surface area contributed by atoms with E-state index in [2.05, 4.69) is 10.4 Å². The molecule has 0 fully saturated rings. The third-order valence-corrected chi connectivity index (χ3v) is 3.04. The monoisotopic (exact) mass is 293 g/mol. The predicted molar refractivity (Wildman–Crippen MR) is 75.8 cm³/mol. The zero-order valence-corrected chi connectivity index (χ0v) is 11.9. The van der Waals surface area contributed by atoms with Gasteiger partial charge in [-0.1, -0.05) is 0 Å². The first-order chi connectivity index (χ1) is 10.0. The Kier molecular flexibility index (Phi) is 4.64. The number of hydrogen-bond donors (Lipinski definition) is 1. The van der Waals surface area contributed by atoms with Gasteiger partial charge in [-0.2, -0.15) is 5.10 Å². The SMILES string of the molecule is COCCCNC(=O)c1nn(C)c2ccc(F)cc2c1=O. The fraction of sp³-hybridized carbons (Fsp3) is 0.357. The van der Waals surface area contributed by atoms with E-state index in [4.69, 9.17) is 4.74 Å². The molecule has 2 aromatic rings. The summed E-state index contributed by atoms with van der Waals surface area (Å²) in [5.41, 5.74) is -0.350. The van der Waals surface area contributed by atoms with Crippen LogP contribution in [-0.4, -0.2) is 35.9 Å². The lowest BCUT2D eigenvalue weighted by Crippen LogP contribution is -2.32. The molecule has 2 rings (SSSR count). The summed E-state index contributed by atoms with van der Waals surface area (Å²) >= 11 is 0. The molecular weight excluding hydrogens is 277 g/mol. The zero-order chi connectivity index (χ0) is 15.4. The maximum atomic E-state index is 13.3. The van der Waals surface area contributed by atoms with Crippen molar-refractivity contribution < 1.29 is 13.9 Å². The molecular formula is C14H16FN3O3. The minimum Gasteiger partial charge on any atom is -0.385 e. The number of nitrogens with zero attached hydrogens (tertiary/aromatic N) is 2. The number of carbonyl (C=O) groups excluding carboxylic acids is 1. The lowest BCUT2D eigenvalue weighted by atomic mass is 10.2. The average Bonchev–Trinajstić information content (AvgIpc) is 2.47. The number of fused-ring (bicyclic) bond motifs is 1. The Morgan fingerprint density at radius 2 is 2.24 bits per heavy atom. The molecule has 0 atom stereocenters. The molecule has 1 aromatic carbocycles. The predicted octanol–water partition coefficient (Wildman–Crippen LogP) is 0.839. The molecule has 1 aromatic heterocycles. The van der Waals surface area contributed by atoms with Crippen LogP contribution in [0.15, 0.2) is 23.0 Å².